The van der Waals surface area contributed by atoms with Gasteiger partial charge in [0.2, 0.25) is 0 Å². The van der Waals surface area contributed by atoms with Gasteiger partial charge in [-0.1, -0.05) is 6.07 Å². The Kier molecular flexibility index (Phi) is 8.19. The fourth-order valence-electron chi connectivity index (χ4n) is 2.69. The van der Waals surface area contributed by atoms with Crippen LogP contribution < -0.4 is 29.7 Å². The number of amides is 2. The number of rotatable bonds is 8. The van der Waals surface area contributed by atoms with Crippen LogP contribution in [0.4, 0.5) is 5.69 Å². The summed E-state index contributed by atoms with van der Waals surface area (Å²) in [5.41, 5.74) is 2.97. The van der Waals surface area contributed by atoms with Crippen molar-refractivity contribution in [3.05, 3.63) is 64.4 Å². The number of benzene rings is 2. The summed E-state index contributed by atoms with van der Waals surface area (Å²) in [5.74, 6) is -1.03. The Morgan fingerprint density at radius 1 is 0.882 bits per heavy atom. The Morgan fingerprint density at radius 2 is 1.68 bits per heavy atom. The lowest BCUT2D eigenvalue weighted by molar-refractivity contribution is -0.136. The van der Waals surface area contributed by atoms with Crippen molar-refractivity contribution in [3.8, 4) is 23.0 Å². The summed E-state index contributed by atoms with van der Waals surface area (Å²) in [6, 6.07) is 12.8. The van der Waals surface area contributed by atoms with E-state index in [4.69, 9.17) is 18.9 Å². The van der Waals surface area contributed by atoms with Gasteiger partial charge in [0.05, 0.1) is 33.2 Å². The van der Waals surface area contributed by atoms with E-state index in [1.54, 1.807) is 47.8 Å². The van der Waals surface area contributed by atoms with Crippen LogP contribution in [-0.2, 0) is 9.59 Å². The number of nitrogens with zero attached hydrogens (tertiary/aromatic N) is 1. The van der Waals surface area contributed by atoms with E-state index >= 15 is 0 Å². The van der Waals surface area contributed by atoms with E-state index in [1.165, 1.54) is 44.9 Å². The molecule has 0 atom stereocenters. The molecule has 0 fully saturated rings. The molecule has 0 aliphatic rings. The van der Waals surface area contributed by atoms with E-state index in [2.05, 4.69) is 15.8 Å². The number of thiophene rings is 1. The van der Waals surface area contributed by atoms with Gasteiger partial charge in [-0.25, -0.2) is 10.2 Å². The molecular formula is C23H21N3O7S. The molecule has 3 aromatic rings. The maximum absolute atomic E-state index is 12.2. The van der Waals surface area contributed by atoms with Crippen LogP contribution in [0.5, 0.6) is 23.0 Å². The van der Waals surface area contributed by atoms with Gasteiger partial charge in [0.25, 0.3) is 0 Å². The average molecular weight is 484 g/mol. The first-order chi connectivity index (χ1) is 16.4. The average Bonchev–Trinajstić information content (AvgIpc) is 3.40. The zero-order chi connectivity index (χ0) is 24.5. The third-order valence-corrected chi connectivity index (χ3v) is 5.21. The lowest BCUT2D eigenvalue weighted by Crippen LogP contribution is -2.32. The lowest BCUT2D eigenvalue weighted by atomic mass is 10.2. The van der Waals surface area contributed by atoms with Gasteiger partial charge in [0.15, 0.2) is 11.5 Å². The quantitative estimate of drug-likeness (QED) is 0.166. The van der Waals surface area contributed by atoms with E-state index < -0.39 is 17.8 Å². The molecule has 0 radical (unpaired) electrons. The van der Waals surface area contributed by atoms with Crippen molar-refractivity contribution in [1.29, 1.82) is 0 Å². The van der Waals surface area contributed by atoms with Crippen LogP contribution in [0.1, 0.15) is 15.2 Å². The van der Waals surface area contributed by atoms with Crippen molar-refractivity contribution in [2.24, 2.45) is 5.10 Å². The Balaban J connectivity index is 1.60. The molecule has 0 aliphatic carbocycles. The summed E-state index contributed by atoms with van der Waals surface area (Å²) < 4.78 is 20.9. The second kappa shape index (κ2) is 11.5. The summed E-state index contributed by atoms with van der Waals surface area (Å²) in [7, 11) is 4.36. The molecule has 0 bridgehead atoms. The number of hydrogen-bond donors (Lipinski definition) is 2. The number of anilines is 1. The highest BCUT2D eigenvalue weighted by Crippen LogP contribution is 2.30. The molecule has 0 saturated heterocycles. The van der Waals surface area contributed by atoms with E-state index in [1.807, 2.05) is 0 Å². The zero-order valence-corrected chi connectivity index (χ0v) is 19.3. The highest BCUT2D eigenvalue weighted by atomic mass is 32.1. The maximum Gasteiger partial charge on any atom is 0.353 e. The Hall–Kier alpha value is -4.38. The van der Waals surface area contributed by atoms with Crippen molar-refractivity contribution in [2.45, 2.75) is 0 Å². The number of hydrogen-bond acceptors (Lipinski definition) is 9. The molecule has 1 heterocycles. The smallest absolute Gasteiger partial charge is 0.353 e. The molecule has 2 aromatic carbocycles. The summed E-state index contributed by atoms with van der Waals surface area (Å²) in [6.07, 6.45) is 1.31. The van der Waals surface area contributed by atoms with Crippen LogP contribution in [0.25, 0.3) is 0 Å². The number of methoxy groups -OCH3 is 3. The normalized spacial score (nSPS) is 10.4. The van der Waals surface area contributed by atoms with Gasteiger partial charge in [0.1, 0.15) is 16.4 Å². The molecule has 176 valence electrons. The van der Waals surface area contributed by atoms with Crippen LogP contribution in [0.15, 0.2) is 59.0 Å². The minimum atomic E-state index is -0.984. The molecule has 3 rings (SSSR count). The van der Waals surface area contributed by atoms with Gasteiger partial charge in [-0.15, -0.1) is 11.3 Å². The second-order valence-electron chi connectivity index (χ2n) is 6.50. The van der Waals surface area contributed by atoms with Gasteiger partial charge in [-0.05, 0) is 47.3 Å². The Morgan fingerprint density at radius 3 is 2.35 bits per heavy atom. The number of ether oxygens (including phenoxy) is 4. The first-order valence-corrected chi connectivity index (χ1v) is 10.6. The molecule has 1 aromatic heterocycles. The van der Waals surface area contributed by atoms with Crippen LogP contribution in [0, 0.1) is 0 Å². The fourth-order valence-corrected chi connectivity index (χ4v) is 3.29. The summed E-state index contributed by atoms with van der Waals surface area (Å²) in [6.45, 7) is 0. The Labute approximate surface area is 199 Å². The van der Waals surface area contributed by atoms with Crippen LogP contribution in [0.2, 0.25) is 0 Å². The monoisotopic (exact) mass is 483 g/mol. The maximum atomic E-state index is 12.2. The number of hydrazone groups is 1. The van der Waals surface area contributed by atoms with E-state index in [0.717, 1.165) is 0 Å². The van der Waals surface area contributed by atoms with E-state index in [9.17, 15) is 14.4 Å². The first kappa shape index (κ1) is 24.3. The largest absolute Gasteiger partial charge is 0.497 e. The topological polar surface area (TPSA) is 125 Å². The number of esters is 1. The molecule has 10 nitrogen and oxygen atoms in total. The van der Waals surface area contributed by atoms with E-state index in [-0.39, 0.29) is 5.75 Å². The molecule has 11 heteroatoms. The van der Waals surface area contributed by atoms with Crippen molar-refractivity contribution in [3.63, 3.8) is 0 Å². The number of carbonyl (C=O) groups is 3. The summed E-state index contributed by atoms with van der Waals surface area (Å²) >= 11 is 1.26. The molecule has 0 saturated carbocycles. The van der Waals surface area contributed by atoms with Crippen LogP contribution in [0.3, 0.4) is 0 Å². The first-order valence-electron chi connectivity index (χ1n) is 9.75. The minimum absolute atomic E-state index is 0.231. The van der Waals surface area contributed by atoms with Crippen molar-refractivity contribution in [1.82, 2.24) is 5.43 Å². The van der Waals surface area contributed by atoms with Crippen molar-refractivity contribution in [2.75, 3.05) is 26.6 Å². The molecule has 0 unspecified atom stereocenters. The van der Waals surface area contributed by atoms with Gasteiger partial charge in [0, 0.05) is 6.07 Å². The number of carbonyl (C=O) groups excluding carboxylic acids is 3. The molecule has 34 heavy (non-hydrogen) atoms. The lowest BCUT2D eigenvalue weighted by Gasteiger charge is -2.11. The summed E-state index contributed by atoms with van der Waals surface area (Å²) in [5, 5.41) is 8.00. The molecular weight excluding hydrogens is 462 g/mol. The van der Waals surface area contributed by atoms with Crippen LogP contribution >= 0.6 is 11.3 Å². The molecule has 0 aliphatic heterocycles. The van der Waals surface area contributed by atoms with Gasteiger partial charge in [-0.2, -0.15) is 5.10 Å². The van der Waals surface area contributed by atoms with Gasteiger partial charge >= 0.3 is 17.8 Å². The summed E-state index contributed by atoms with van der Waals surface area (Å²) in [4.78, 5) is 36.9. The second-order valence-corrected chi connectivity index (χ2v) is 7.44. The highest BCUT2D eigenvalue weighted by Gasteiger charge is 2.16. The standard InChI is InChI=1S/C23H21N3O7S/c1-30-15-7-8-16(18(12-15)31-2)25-21(27)22(28)26-24-13-14-6-9-17(19(11-14)32-3)33-23(29)20-5-4-10-34-20/h4-13H,1-3H3,(H,25,27)(H,26,28). The van der Waals surface area contributed by atoms with Crippen molar-refractivity contribution >= 4 is 41.0 Å². The predicted molar refractivity (Wildman–Crippen MR) is 126 cm³/mol. The molecule has 2 N–H and O–H groups in total. The van der Waals surface area contributed by atoms with E-state index in [0.29, 0.717) is 33.4 Å². The molecule has 0 spiro atoms. The predicted octanol–water partition coefficient (Wildman–Crippen LogP) is 3.08. The SMILES string of the molecule is COc1ccc(NC(=O)C(=O)NN=Cc2ccc(OC(=O)c3cccs3)c(OC)c2)c(OC)c1. The highest BCUT2D eigenvalue weighted by molar-refractivity contribution is 7.12. The van der Waals surface area contributed by atoms with Crippen LogP contribution in [-0.4, -0.2) is 45.3 Å². The van der Waals surface area contributed by atoms with Gasteiger partial charge in [-0.3, -0.25) is 9.59 Å². The zero-order valence-electron chi connectivity index (χ0n) is 18.5. The third-order valence-electron chi connectivity index (χ3n) is 4.36. The number of nitrogens with one attached hydrogen (secondary N) is 2. The molecule has 2 amide bonds. The minimum Gasteiger partial charge on any atom is -0.497 e. The van der Waals surface area contributed by atoms with Crippen molar-refractivity contribution < 1.29 is 33.3 Å². The Bertz CT molecular complexity index is 1210. The van der Waals surface area contributed by atoms with Gasteiger partial charge < -0.3 is 24.3 Å². The third kappa shape index (κ3) is 6.11. The fraction of sp³-hybridized carbons (Fsp3) is 0.130.